The summed E-state index contributed by atoms with van der Waals surface area (Å²) in [5, 5.41) is 5.87. The van der Waals surface area contributed by atoms with Gasteiger partial charge in [-0.25, -0.2) is 9.80 Å². The molecule has 1 amide bonds. The first-order valence-corrected chi connectivity index (χ1v) is 9.86. The number of nitrogens with zero attached hydrogens (tertiary/aromatic N) is 2. The zero-order valence-corrected chi connectivity index (χ0v) is 17.3. The molecule has 1 unspecified atom stereocenters. The van der Waals surface area contributed by atoms with Crippen molar-refractivity contribution < 1.29 is 23.5 Å². The molecule has 4 rings (SSSR count). The monoisotopic (exact) mass is 418 g/mol. The number of carbonyl (C=O) groups excluding carboxylic acids is 2. The average molecular weight is 418 g/mol. The number of furan rings is 1. The molecule has 31 heavy (non-hydrogen) atoms. The fraction of sp³-hybridized carbons (Fsp3) is 0.208. The van der Waals surface area contributed by atoms with Crippen molar-refractivity contribution in [3.05, 3.63) is 89.4 Å². The molecule has 0 saturated carbocycles. The Hall–Kier alpha value is -3.87. The summed E-state index contributed by atoms with van der Waals surface area (Å²) in [4.78, 5) is 25.3. The fourth-order valence-electron chi connectivity index (χ4n) is 3.39. The molecule has 3 aromatic rings. The summed E-state index contributed by atoms with van der Waals surface area (Å²) < 4.78 is 15.9. The molecular weight excluding hydrogens is 396 g/mol. The third-order valence-electron chi connectivity index (χ3n) is 5.05. The Morgan fingerprint density at radius 1 is 1.13 bits per heavy atom. The van der Waals surface area contributed by atoms with Gasteiger partial charge >= 0.3 is 5.97 Å². The average Bonchev–Trinajstić information content (AvgIpc) is 3.48. The van der Waals surface area contributed by atoms with Crippen LogP contribution in [0, 0.1) is 6.92 Å². The minimum atomic E-state index is -0.608. The lowest BCUT2D eigenvalue weighted by molar-refractivity contribution is -0.136. The molecule has 1 aromatic heterocycles. The Morgan fingerprint density at radius 2 is 1.94 bits per heavy atom. The summed E-state index contributed by atoms with van der Waals surface area (Å²) in [6, 6.07) is 17.7. The molecule has 1 aliphatic rings. The first kappa shape index (κ1) is 20.4. The maximum Gasteiger partial charge on any atom is 0.338 e. The fourth-order valence-corrected chi connectivity index (χ4v) is 3.39. The van der Waals surface area contributed by atoms with Crippen LogP contribution in [-0.2, 0) is 9.53 Å². The molecule has 1 aliphatic heterocycles. The van der Waals surface area contributed by atoms with Gasteiger partial charge in [-0.15, -0.1) is 0 Å². The summed E-state index contributed by atoms with van der Waals surface area (Å²) in [7, 11) is 1.51. The molecular formula is C24H22N2O5. The third kappa shape index (κ3) is 4.50. The van der Waals surface area contributed by atoms with Gasteiger partial charge < -0.3 is 13.9 Å². The van der Waals surface area contributed by atoms with Crippen LogP contribution in [0.25, 0.3) is 0 Å². The van der Waals surface area contributed by atoms with Crippen LogP contribution in [0.15, 0.2) is 76.4 Å². The molecule has 0 N–H and O–H groups in total. The molecule has 7 nitrogen and oxygen atoms in total. The quantitative estimate of drug-likeness (QED) is 0.562. The highest BCUT2D eigenvalue weighted by atomic mass is 16.5. The van der Waals surface area contributed by atoms with Gasteiger partial charge in [0.2, 0.25) is 0 Å². The van der Waals surface area contributed by atoms with Crippen LogP contribution in [-0.4, -0.2) is 36.3 Å². The summed E-state index contributed by atoms with van der Waals surface area (Å²) in [5.41, 5.74) is 3.15. The number of hydrogen-bond donors (Lipinski definition) is 0. The van der Waals surface area contributed by atoms with Gasteiger partial charge in [-0.3, -0.25) is 4.79 Å². The largest absolute Gasteiger partial charge is 0.497 e. The van der Waals surface area contributed by atoms with Crippen LogP contribution in [0.5, 0.6) is 5.75 Å². The zero-order chi connectivity index (χ0) is 21.8. The van der Waals surface area contributed by atoms with Crippen molar-refractivity contribution in [2.45, 2.75) is 19.4 Å². The SMILES string of the molecule is COc1cccc(C(=O)OCC(=O)N2N=C(c3ccc(C)cc3)CC2c2ccco2)c1. The van der Waals surface area contributed by atoms with Gasteiger partial charge in [-0.2, -0.15) is 5.10 Å². The summed E-state index contributed by atoms with van der Waals surface area (Å²) in [6.45, 7) is 1.58. The summed E-state index contributed by atoms with van der Waals surface area (Å²) in [5.74, 6) is 0.118. The van der Waals surface area contributed by atoms with Gasteiger partial charge in [0.25, 0.3) is 5.91 Å². The number of amides is 1. The second kappa shape index (κ2) is 8.87. The lowest BCUT2D eigenvalue weighted by Crippen LogP contribution is -2.31. The molecule has 0 bridgehead atoms. The van der Waals surface area contributed by atoms with E-state index < -0.39 is 24.5 Å². The van der Waals surface area contributed by atoms with Crippen molar-refractivity contribution >= 4 is 17.6 Å². The minimum Gasteiger partial charge on any atom is -0.497 e. The third-order valence-corrected chi connectivity index (χ3v) is 5.05. The number of esters is 1. The molecule has 0 spiro atoms. The molecule has 2 heterocycles. The van der Waals surface area contributed by atoms with Crippen molar-refractivity contribution in [3.8, 4) is 5.75 Å². The van der Waals surface area contributed by atoms with E-state index >= 15 is 0 Å². The van der Waals surface area contributed by atoms with Crippen LogP contribution in [0.4, 0.5) is 0 Å². The minimum absolute atomic E-state index is 0.306. The predicted octanol–water partition coefficient (Wildman–Crippen LogP) is 4.13. The summed E-state index contributed by atoms with van der Waals surface area (Å²) >= 11 is 0. The Balaban J connectivity index is 1.50. The maximum atomic E-state index is 12.9. The number of carbonyl (C=O) groups is 2. The van der Waals surface area contributed by atoms with E-state index in [0.29, 0.717) is 23.5 Å². The number of aryl methyl sites for hydroxylation is 1. The highest BCUT2D eigenvalue weighted by molar-refractivity contribution is 6.03. The number of rotatable bonds is 6. The Kier molecular flexibility index (Phi) is 5.84. The van der Waals surface area contributed by atoms with Gasteiger partial charge in [0.05, 0.1) is 24.6 Å². The topological polar surface area (TPSA) is 81.3 Å². The van der Waals surface area contributed by atoms with E-state index in [1.54, 1.807) is 42.7 Å². The smallest absolute Gasteiger partial charge is 0.338 e. The number of benzene rings is 2. The summed E-state index contributed by atoms with van der Waals surface area (Å²) in [6.07, 6.45) is 2.07. The van der Waals surface area contributed by atoms with Gasteiger partial charge in [-0.1, -0.05) is 35.9 Å². The van der Waals surface area contributed by atoms with Crippen molar-refractivity contribution in [1.29, 1.82) is 0 Å². The molecule has 158 valence electrons. The highest BCUT2D eigenvalue weighted by Crippen LogP contribution is 2.33. The van der Waals surface area contributed by atoms with Crippen molar-refractivity contribution in [2.75, 3.05) is 13.7 Å². The van der Waals surface area contributed by atoms with Gasteiger partial charge in [0.1, 0.15) is 17.6 Å². The molecule has 1 atom stereocenters. The number of ether oxygens (including phenoxy) is 2. The lowest BCUT2D eigenvalue weighted by atomic mass is 10.0. The molecule has 2 aromatic carbocycles. The standard InChI is InChI=1S/C24H22N2O5/c1-16-8-10-17(11-9-16)20-14-21(22-7-4-12-30-22)26(25-20)23(27)15-31-24(28)18-5-3-6-19(13-18)29-2/h3-13,21H,14-15H2,1-2H3. The zero-order valence-electron chi connectivity index (χ0n) is 17.3. The van der Waals surface area contributed by atoms with Gasteiger partial charge in [0, 0.05) is 6.42 Å². The van der Waals surface area contributed by atoms with Crippen LogP contribution in [0.3, 0.4) is 0 Å². The van der Waals surface area contributed by atoms with Gasteiger partial charge in [0.15, 0.2) is 6.61 Å². The number of hydrogen-bond acceptors (Lipinski definition) is 6. The maximum absolute atomic E-state index is 12.9. The van der Waals surface area contributed by atoms with E-state index in [4.69, 9.17) is 13.9 Å². The van der Waals surface area contributed by atoms with E-state index in [-0.39, 0.29) is 0 Å². The Bertz CT molecular complexity index is 1100. The Morgan fingerprint density at radius 3 is 2.65 bits per heavy atom. The normalized spacial score (nSPS) is 15.5. The molecule has 0 fully saturated rings. The van der Waals surface area contributed by atoms with Crippen molar-refractivity contribution in [2.24, 2.45) is 5.10 Å². The van der Waals surface area contributed by atoms with Crippen molar-refractivity contribution in [1.82, 2.24) is 5.01 Å². The molecule has 7 heteroatoms. The second-order valence-corrected chi connectivity index (χ2v) is 7.19. The van der Waals surface area contributed by atoms with Crippen LogP contribution < -0.4 is 4.74 Å². The molecule has 0 radical (unpaired) electrons. The van der Waals surface area contributed by atoms with Gasteiger partial charge in [-0.05, 0) is 42.8 Å². The van der Waals surface area contributed by atoms with E-state index in [0.717, 1.165) is 16.8 Å². The second-order valence-electron chi connectivity index (χ2n) is 7.19. The van der Waals surface area contributed by atoms with Crippen molar-refractivity contribution in [3.63, 3.8) is 0 Å². The van der Waals surface area contributed by atoms with Crippen LogP contribution in [0.1, 0.15) is 39.7 Å². The van der Waals surface area contributed by atoms with E-state index in [1.165, 1.54) is 12.1 Å². The van der Waals surface area contributed by atoms with E-state index in [2.05, 4.69) is 5.10 Å². The first-order valence-electron chi connectivity index (χ1n) is 9.86. The molecule has 0 aliphatic carbocycles. The first-order chi connectivity index (χ1) is 15.0. The lowest BCUT2D eigenvalue weighted by Gasteiger charge is -2.19. The van der Waals surface area contributed by atoms with Crippen LogP contribution in [0.2, 0.25) is 0 Å². The number of hydrazone groups is 1. The van der Waals surface area contributed by atoms with Crippen LogP contribution >= 0.6 is 0 Å². The highest BCUT2D eigenvalue weighted by Gasteiger charge is 2.35. The van der Waals surface area contributed by atoms with E-state index in [9.17, 15) is 9.59 Å². The van der Waals surface area contributed by atoms with E-state index in [1.807, 2.05) is 31.2 Å². The molecule has 0 saturated heterocycles. The predicted molar refractivity (Wildman–Crippen MR) is 114 cm³/mol. The number of methoxy groups -OCH3 is 1. The Labute approximate surface area is 179 Å².